The Balaban J connectivity index is 2.77. The molecule has 0 aliphatic heterocycles. The van der Waals surface area contributed by atoms with Crippen LogP contribution in [0.3, 0.4) is 0 Å². The van der Waals surface area contributed by atoms with Crippen LogP contribution in [0.2, 0.25) is 0 Å². The highest BCUT2D eigenvalue weighted by atomic mass is 32.2. The second-order valence-corrected chi connectivity index (χ2v) is 4.88. The first kappa shape index (κ1) is 15.1. The summed E-state index contributed by atoms with van der Waals surface area (Å²) in [7, 11) is 0. The number of aliphatic hydroxyl groups is 2. The Morgan fingerprint density at radius 3 is 2.83 bits per heavy atom. The Hall–Kier alpha value is -0.980. The molecule has 1 atom stereocenters. The molecule has 0 spiro atoms. The number of nitrogens with two attached hydrogens (primary N) is 1. The SMILES string of the molecule is CCCOc1cc(SCC(O)CO)c(N)cc1F. The molecular formula is C12H18FNO3S. The zero-order valence-corrected chi connectivity index (χ0v) is 11.0. The molecular weight excluding hydrogens is 257 g/mol. The monoisotopic (exact) mass is 275 g/mol. The van der Waals surface area contributed by atoms with Crippen LogP contribution >= 0.6 is 11.8 Å². The summed E-state index contributed by atoms with van der Waals surface area (Å²) in [5.41, 5.74) is 5.98. The Morgan fingerprint density at radius 1 is 1.50 bits per heavy atom. The van der Waals surface area contributed by atoms with E-state index in [0.717, 1.165) is 6.42 Å². The molecule has 0 bridgehead atoms. The van der Waals surface area contributed by atoms with E-state index in [9.17, 15) is 9.50 Å². The van der Waals surface area contributed by atoms with E-state index < -0.39 is 11.9 Å². The molecule has 18 heavy (non-hydrogen) atoms. The number of benzene rings is 1. The highest BCUT2D eigenvalue weighted by Gasteiger charge is 2.11. The van der Waals surface area contributed by atoms with Gasteiger partial charge in [-0.3, -0.25) is 0 Å². The van der Waals surface area contributed by atoms with Crippen molar-refractivity contribution in [3.63, 3.8) is 0 Å². The summed E-state index contributed by atoms with van der Waals surface area (Å²) in [6.45, 7) is 2.06. The molecule has 0 saturated carbocycles. The van der Waals surface area contributed by atoms with Crippen molar-refractivity contribution < 1.29 is 19.3 Å². The van der Waals surface area contributed by atoms with Crippen LogP contribution < -0.4 is 10.5 Å². The van der Waals surface area contributed by atoms with Crippen molar-refractivity contribution in [1.29, 1.82) is 0 Å². The van der Waals surface area contributed by atoms with Crippen LogP contribution in [0.25, 0.3) is 0 Å². The van der Waals surface area contributed by atoms with Gasteiger partial charge in [0, 0.05) is 22.4 Å². The van der Waals surface area contributed by atoms with E-state index in [2.05, 4.69) is 0 Å². The minimum atomic E-state index is -0.820. The van der Waals surface area contributed by atoms with Crippen molar-refractivity contribution in [3.05, 3.63) is 17.9 Å². The molecule has 0 aliphatic carbocycles. The lowest BCUT2D eigenvalue weighted by Gasteiger charge is -2.12. The van der Waals surface area contributed by atoms with E-state index in [1.165, 1.54) is 23.9 Å². The van der Waals surface area contributed by atoms with Crippen molar-refractivity contribution in [2.75, 3.05) is 24.7 Å². The van der Waals surface area contributed by atoms with Gasteiger partial charge in [-0.25, -0.2) is 4.39 Å². The van der Waals surface area contributed by atoms with Crippen molar-refractivity contribution in [2.24, 2.45) is 0 Å². The summed E-state index contributed by atoms with van der Waals surface area (Å²) in [4.78, 5) is 0.634. The van der Waals surface area contributed by atoms with Crippen molar-refractivity contribution in [3.8, 4) is 5.75 Å². The number of thioether (sulfide) groups is 1. The fourth-order valence-electron chi connectivity index (χ4n) is 1.24. The van der Waals surface area contributed by atoms with Crippen LogP contribution in [0.4, 0.5) is 10.1 Å². The van der Waals surface area contributed by atoms with Gasteiger partial charge in [-0.15, -0.1) is 11.8 Å². The lowest BCUT2D eigenvalue weighted by molar-refractivity contribution is 0.113. The van der Waals surface area contributed by atoms with E-state index in [4.69, 9.17) is 15.6 Å². The van der Waals surface area contributed by atoms with E-state index >= 15 is 0 Å². The molecule has 0 heterocycles. The highest BCUT2D eigenvalue weighted by molar-refractivity contribution is 7.99. The lowest BCUT2D eigenvalue weighted by atomic mass is 10.3. The molecule has 1 aromatic rings. The number of ether oxygens (including phenoxy) is 1. The minimum absolute atomic E-state index is 0.159. The molecule has 0 aliphatic rings. The number of rotatable bonds is 7. The van der Waals surface area contributed by atoms with Crippen molar-refractivity contribution >= 4 is 17.4 Å². The number of aliphatic hydroxyl groups excluding tert-OH is 2. The topological polar surface area (TPSA) is 75.7 Å². The quantitative estimate of drug-likeness (QED) is 0.521. The normalized spacial score (nSPS) is 12.4. The maximum Gasteiger partial charge on any atom is 0.167 e. The number of hydrogen-bond acceptors (Lipinski definition) is 5. The van der Waals surface area contributed by atoms with Crippen LogP contribution in [0.1, 0.15) is 13.3 Å². The summed E-state index contributed by atoms with van der Waals surface area (Å²) in [6.07, 6.45) is -0.0327. The fourth-order valence-corrected chi connectivity index (χ4v) is 2.13. The zero-order valence-electron chi connectivity index (χ0n) is 10.2. The van der Waals surface area contributed by atoms with Gasteiger partial charge in [0.15, 0.2) is 11.6 Å². The average Bonchev–Trinajstić information content (AvgIpc) is 2.36. The molecule has 1 unspecified atom stereocenters. The fraction of sp³-hybridized carbons (Fsp3) is 0.500. The third-order valence-electron chi connectivity index (χ3n) is 2.17. The number of halogens is 1. The highest BCUT2D eigenvalue weighted by Crippen LogP contribution is 2.32. The number of nitrogen functional groups attached to an aromatic ring is 1. The minimum Gasteiger partial charge on any atom is -0.490 e. The molecule has 0 fully saturated rings. The van der Waals surface area contributed by atoms with Crippen molar-refractivity contribution in [1.82, 2.24) is 0 Å². The van der Waals surface area contributed by atoms with Gasteiger partial charge in [0.2, 0.25) is 0 Å². The second-order valence-electron chi connectivity index (χ2n) is 3.82. The van der Waals surface area contributed by atoms with E-state index in [0.29, 0.717) is 22.9 Å². The average molecular weight is 275 g/mol. The standard InChI is InChI=1S/C12H18FNO3S/c1-2-3-17-11-5-12(10(14)4-9(11)13)18-7-8(16)6-15/h4-5,8,15-16H,2-3,6-7,14H2,1H3. The van der Waals surface area contributed by atoms with E-state index in [1.807, 2.05) is 6.92 Å². The molecule has 0 saturated heterocycles. The summed E-state index contributed by atoms with van der Waals surface area (Å²) >= 11 is 1.25. The van der Waals surface area contributed by atoms with Gasteiger partial charge in [-0.2, -0.15) is 0 Å². The summed E-state index contributed by atoms with van der Waals surface area (Å²) in [5, 5.41) is 18.0. The van der Waals surface area contributed by atoms with Gasteiger partial charge in [0.25, 0.3) is 0 Å². The van der Waals surface area contributed by atoms with Crippen LogP contribution in [-0.4, -0.2) is 35.3 Å². The smallest absolute Gasteiger partial charge is 0.167 e. The van der Waals surface area contributed by atoms with Gasteiger partial charge < -0.3 is 20.7 Å². The Labute approximate surface area is 110 Å². The molecule has 102 valence electrons. The third-order valence-corrected chi connectivity index (χ3v) is 3.38. The van der Waals surface area contributed by atoms with Gasteiger partial charge in [0.05, 0.1) is 19.3 Å². The van der Waals surface area contributed by atoms with E-state index in [-0.39, 0.29) is 12.4 Å². The molecule has 1 aromatic carbocycles. The summed E-state index contributed by atoms with van der Waals surface area (Å²) < 4.78 is 18.8. The van der Waals surface area contributed by atoms with Gasteiger partial charge >= 0.3 is 0 Å². The second kappa shape index (κ2) is 7.45. The molecule has 0 aromatic heterocycles. The maximum atomic E-state index is 13.5. The lowest BCUT2D eigenvalue weighted by Crippen LogP contribution is -2.14. The number of hydrogen-bond donors (Lipinski definition) is 3. The zero-order chi connectivity index (χ0) is 13.5. The summed E-state index contributed by atoms with van der Waals surface area (Å²) in [5.74, 6) is -0.0421. The third kappa shape index (κ3) is 4.36. The Bertz CT molecular complexity index is 390. The molecule has 6 heteroatoms. The van der Waals surface area contributed by atoms with Gasteiger partial charge in [0.1, 0.15) is 0 Å². The molecule has 4 nitrogen and oxygen atoms in total. The number of anilines is 1. The Kier molecular flexibility index (Phi) is 6.24. The molecule has 1 rings (SSSR count). The van der Waals surface area contributed by atoms with Crippen LogP contribution in [-0.2, 0) is 0 Å². The maximum absolute atomic E-state index is 13.5. The molecule has 0 amide bonds. The van der Waals surface area contributed by atoms with Crippen LogP contribution in [0.5, 0.6) is 5.75 Å². The molecule has 0 radical (unpaired) electrons. The summed E-state index contributed by atoms with van der Waals surface area (Å²) in [6, 6.07) is 2.73. The predicted octanol–water partition coefficient (Wildman–Crippen LogP) is 1.64. The van der Waals surface area contributed by atoms with Gasteiger partial charge in [-0.05, 0) is 12.5 Å². The van der Waals surface area contributed by atoms with Crippen LogP contribution in [0.15, 0.2) is 17.0 Å². The predicted molar refractivity (Wildman–Crippen MR) is 70.4 cm³/mol. The first-order chi connectivity index (χ1) is 8.58. The first-order valence-corrected chi connectivity index (χ1v) is 6.70. The largest absolute Gasteiger partial charge is 0.490 e. The van der Waals surface area contributed by atoms with E-state index in [1.54, 1.807) is 0 Å². The van der Waals surface area contributed by atoms with Crippen LogP contribution in [0, 0.1) is 5.82 Å². The van der Waals surface area contributed by atoms with Gasteiger partial charge in [-0.1, -0.05) is 6.92 Å². The van der Waals surface area contributed by atoms with Crippen molar-refractivity contribution in [2.45, 2.75) is 24.3 Å². The first-order valence-electron chi connectivity index (χ1n) is 5.72. The molecule has 4 N–H and O–H groups in total. The Morgan fingerprint density at radius 2 is 2.22 bits per heavy atom.